The fourth-order valence-corrected chi connectivity index (χ4v) is 2.20. The van der Waals surface area contributed by atoms with Gasteiger partial charge in [0.05, 0.1) is 6.10 Å². The van der Waals surface area contributed by atoms with Crippen LogP contribution in [0.1, 0.15) is 43.4 Å². The minimum absolute atomic E-state index is 0.0190. The average molecular weight is 274 g/mol. The van der Waals surface area contributed by atoms with E-state index in [9.17, 15) is 4.79 Å². The van der Waals surface area contributed by atoms with E-state index in [-0.39, 0.29) is 18.1 Å². The average Bonchev–Trinajstić information content (AvgIpc) is 2.97. The summed E-state index contributed by atoms with van der Waals surface area (Å²) in [5.74, 6) is 7.29. The second kappa shape index (κ2) is 5.63. The lowest BCUT2D eigenvalue weighted by Gasteiger charge is -2.11. The lowest BCUT2D eigenvalue weighted by atomic mass is 10.2. The van der Waals surface area contributed by atoms with Crippen LogP contribution in [-0.2, 0) is 9.53 Å². The number of hydrogen-bond acceptors (Lipinski definition) is 4. The van der Waals surface area contributed by atoms with Crippen LogP contribution in [0.4, 0.5) is 0 Å². The molecule has 1 aliphatic carbocycles. The van der Waals surface area contributed by atoms with Crippen molar-refractivity contribution < 1.29 is 9.53 Å². The van der Waals surface area contributed by atoms with Gasteiger partial charge in [0.15, 0.2) is 5.82 Å². The van der Waals surface area contributed by atoms with Crippen LogP contribution in [0.15, 0.2) is 0 Å². The molecule has 1 aromatic rings. The number of aromatic nitrogens is 3. The Kier molecular flexibility index (Phi) is 3.70. The van der Waals surface area contributed by atoms with Gasteiger partial charge in [-0.15, -0.1) is 0 Å². The summed E-state index contributed by atoms with van der Waals surface area (Å²) in [5.41, 5.74) is 0. The minimum atomic E-state index is -0.210. The third-order valence-corrected chi connectivity index (χ3v) is 3.47. The van der Waals surface area contributed by atoms with E-state index >= 15 is 0 Å². The molecule has 2 heterocycles. The van der Waals surface area contributed by atoms with Crippen LogP contribution in [-0.4, -0.2) is 33.7 Å². The Balaban J connectivity index is 1.43. The van der Waals surface area contributed by atoms with Crippen molar-refractivity contribution in [1.82, 2.24) is 20.5 Å². The molecule has 1 aliphatic heterocycles. The summed E-state index contributed by atoms with van der Waals surface area (Å²) in [6.07, 6.45) is 3.98. The van der Waals surface area contributed by atoms with Crippen molar-refractivity contribution in [3.8, 4) is 11.8 Å². The number of carbonyl (C=O) groups is 1. The number of rotatable bonds is 3. The van der Waals surface area contributed by atoms with Gasteiger partial charge in [-0.1, -0.05) is 5.92 Å². The summed E-state index contributed by atoms with van der Waals surface area (Å²) in [6, 6.07) is 0. The second-order valence-corrected chi connectivity index (χ2v) is 5.36. The second-order valence-electron chi connectivity index (χ2n) is 5.36. The molecule has 0 radical (unpaired) electrons. The number of ether oxygens (including phenoxy) is 1. The molecule has 6 nitrogen and oxygen atoms in total. The van der Waals surface area contributed by atoms with E-state index in [2.05, 4.69) is 32.3 Å². The summed E-state index contributed by atoms with van der Waals surface area (Å²) in [5, 5.41) is 9.73. The van der Waals surface area contributed by atoms with Gasteiger partial charge in [-0.05, 0) is 38.5 Å². The fraction of sp³-hybridized carbons (Fsp3) is 0.643. The number of amides is 1. The SMILES string of the molecule is Cc1nc([C@@H]2CC[C@H](CNC(=O)C#CC3CC3)O2)n[nH]1. The van der Waals surface area contributed by atoms with Gasteiger partial charge in [-0.25, -0.2) is 4.98 Å². The van der Waals surface area contributed by atoms with Crippen molar-refractivity contribution in [2.24, 2.45) is 5.92 Å². The molecule has 0 unspecified atom stereocenters. The molecular weight excluding hydrogens is 256 g/mol. The van der Waals surface area contributed by atoms with E-state index in [1.807, 2.05) is 6.92 Å². The lowest BCUT2D eigenvalue weighted by molar-refractivity contribution is -0.116. The maximum Gasteiger partial charge on any atom is 0.295 e. The normalized spacial score (nSPS) is 25.1. The maximum atomic E-state index is 11.5. The molecular formula is C14H18N4O2. The molecule has 3 rings (SSSR count). The Morgan fingerprint density at radius 1 is 1.45 bits per heavy atom. The summed E-state index contributed by atoms with van der Waals surface area (Å²) in [6.45, 7) is 2.36. The zero-order valence-corrected chi connectivity index (χ0v) is 11.5. The van der Waals surface area contributed by atoms with Gasteiger partial charge >= 0.3 is 0 Å². The van der Waals surface area contributed by atoms with Crippen LogP contribution in [0.5, 0.6) is 0 Å². The van der Waals surface area contributed by atoms with Crippen LogP contribution in [0.3, 0.4) is 0 Å². The van der Waals surface area contributed by atoms with Gasteiger partial charge in [-0.3, -0.25) is 9.89 Å². The molecule has 1 amide bonds. The Hall–Kier alpha value is -1.87. The molecule has 2 atom stereocenters. The molecule has 2 aliphatic rings. The molecule has 1 aromatic heterocycles. The monoisotopic (exact) mass is 274 g/mol. The van der Waals surface area contributed by atoms with Gasteiger partial charge in [0, 0.05) is 12.5 Å². The highest BCUT2D eigenvalue weighted by Gasteiger charge is 2.29. The largest absolute Gasteiger partial charge is 0.365 e. The third-order valence-electron chi connectivity index (χ3n) is 3.47. The first-order chi connectivity index (χ1) is 9.70. The van der Waals surface area contributed by atoms with Crippen molar-refractivity contribution in [2.75, 3.05) is 6.54 Å². The lowest BCUT2D eigenvalue weighted by Crippen LogP contribution is -2.30. The first-order valence-corrected chi connectivity index (χ1v) is 7.04. The number of nitrogens with zero attached hydrogens (tertiary/aromatic N) is 2. The molecule has 6 heteroatoms. The highest BCUT2D eigenvalue weighted by Crippen LogP contribution is 2.30. The number of aryl methyl sites for hydroxylation is 1. The minimum Gasteiger partial charge on any atom is -0.365 e. The summed E-state index contributed by atoms with van der Waals surface area (Å²) < 4.78 is 5.84. The first-order valence-electron chi connectivity index (χ1n) is 7.04. The van der Waals surface area contributed by atoms with E-state index in [1.165, 1.54) is 0 Å². The molecule has 0 aromatic carbocycles. The molecule has 0 spiro atoms. The molecule has 20 heavy (non-hydrogen) atoms. The quantitative estimate of drug-likeness (QED) is 0.801. The standard InChI is InChI=1S/C14H18N4O2/c1-9-16-14(18-17-9)12-6-5-11(20-12)8-15-13(19)7-4-10-2-3-10/h10-12H,2-3,5-6,8H2,1H3,(H,15,19)(H,16,17,18)/t11-,12+/m1/s1. The Morgan fingerprint density at radius 2 is 2.30 bits per heavy atom. The van der Waals surface area contributed by atoms with Crippen LogP contribution in [0.25, 0.3) is 0 Å². The van der Waals surface area contributed by atoms with E-state index in [4.69, 9.17) is 4.74 Å². The van der Waals surface area contributed by atoms with E-state index in [0.29, 0.717) is 18.3 Å². The summed E-state index contributed by atoms with van der Waals surface area (Å²) >= 11 is 0. The van der Waals surface area contributed by atoms with Crippen molar-refractivity contribution in [1.29, 1.82) is 0 Å². The number of nitrogens with one attached hydrogen (secondary N) is 2. The van der Waals surface area contributed by atoms with Gasteiger partial charge in [-0.2, -0.15) is 5.10 Å². The van der Waals surface area contributed by atoms with Gasteiger partial charge in [0.25, 0.3) is 5.91 Å². The fourth-order valence-electron chi connectivity index (χ4n) is 2.20. The predicted molar refractivity (Wildman–Crippen MR) is 71.5 cm³/mol. The molecule has 2 N–H and O–H groups in total. The zero-order chi connectivity index (χ0) is 13.9. The summed E-state index contributed by atoms with van der Waals surface area (Å²) in [4.78, 5) is 15.8. The summed E-state index contributed by atoms with van der Waals surface area (Å²) in [7, 11) is 0. The smallest absolute Gasteiger partial charge is 0.295 e. The highest BCUT2D eigenvalue weighted by molar-refractivity contribution is 5.93. The van der Waals surface area contributed by atoms with E-state index in [0.717, 1.165) is 31.5 Å². The molecule has 2 fully saturated rings. The van der Waals surface area contributed by atoms with Gasteiger partial charge < -0.3 is 10.1 Å². The van der Waals surface area contributed by atoms with Crippen molar-refractivity contribution in [3.63, 3.8) is 0 Å². The van der Waals surface area contributed by atoms with Crippen LogP contribution in [0.2, 0.25) is 0 Å². The first kappa shape index (κ1) is 13.1. The number of hydrogen-bond donors (Lipinski definition) is 2. The zero-order valence-electron chi connectivity index (χ0n) is 11.5. The molecule has 1 saturated heterocycles. The maximum absolute atomic E-state index is 11.5. The van der Waals surface area contributed by atoms with Crippen molar-refractivity contribution in [3.05, 3.63) is 11.6 Å². The topological polar surface area (TPSA) is 79.9 Å². The Bertz CT molecular complexity index is 553. The third kappa shape index (κ3) is 3.36. The molecule has 106 valence electrons. The highest BCUT2D eigenvalue weighted by atomic mass is 16.5. The van der Waals surface area contributed by atoms with Crippen LogP contribution in [0, 0.1) is 24.7 Å². The number of carbonyl (C=O) groups excluding carboxylic acids is 1. The number of aromatic amines is 1. The van der Waals surface area contributed by atoms with Crippen molar-refractivity contribution in [2.45, 2.75) is 44.8 Å². The predicted octanol–water partition coefficient (Wildman–Crippen LogP) is 0.863. The van der Waals surface area contributed by atoms with Gasteiger partial charge in [0.1, 0.15) is 11.9 Å². The van der Waals surface area contributed by atoms with Crippen LogP contribution >= 0.6 is 0 Å². The van der Waals surface area contributed by atoms with Crippen LogP contribution < -0.4 is 5.32 Å². The van der Waals surface area contributed by atoms with E-state index < -0.39 is 0 Å². The van der Waals surface area contributed by atoms with Crippen molar-refractivity contribution >= 4 is 5.91 Å². The molecule has 0 bridgehead atoms. The molecule has 1 saturated carbocycles. The number of H-pyrrole nitrogens is 1. The van der Waals surface area contributed by atoms with E-state index in [1.54, 1.807) is 0 Å². The Morgan fingerprint density at radius 3 is 3.00 bits per heavy atom. The Labute approximate surface area is 117 Å². The van der Waals surface area contributed by atoms with Gasteiger partial charge in [0.2, 0.25) is 0 Å².